The van der Waals surface area contributed by atoms with Gasteiger partial charge >= 0.3 is 5.97 Å². The van der Waals surface area contributed by atoms with Crippen LogP contribution in [0.5, 0.6) is 0 Å². The average Bonchev–Trinajstić information content (AvgIpc) is 2.91. The number of nitro benzene ring substituents is 1. The molecule has 0 saturated carbocycles. The van der Waals surface area contributed by atoms with Gasteiger partial charge in [-0.1, -0.05) is 0 Å². The molecule has 0 N–H and O–H groups in total. The number of rotatable bonds is 3. The van der Waals surface area contributed by atoms with Gasteiger partial charge in [0.2, 0.25) is 0 Å². The number of hydrogen-bond donors (Lipinski definition) is 0. The third kappa shape index (κ3) is 2.35. The van der Waals surface area contributed by atoms with E-state index in [-0.39, 0.29) is 11.3 Å². The van der Waals surface area contributed by atoms with Crippen molar-refractivity contribution >= 4 is 23.2 Å². The second kappa shape index (κ2) is 4.92. The van der Waals surface area contributed by atoms with Crippen molar-refractivity contribution in [2.24, 2.45) is 0 Å². The largest absolute Gasteiger partial charge is 0.465 e. The van der Waals surface area contributed by atoms with Crippen LogP contribution in [0.4, 0.5) is 5.69 Å². The third-order valence-electron chi connectivity index (χ3n) is 2.27. The summed E-state index contributed by atoms with van der Waals surface area (Å²) in [6.07, 6.45) is 1.59. The lowest BCUT2D eigenvalue weighted by Crippen LogP contribution is -2.02. The Kier molecular flexibility index (Phi) is 3.33. The summed E-state index contributed by atoms with van der Waals surface area (Å²) in [7, 11) is 1.23. The lowest BCUT2D eigenvalue weighted by atomic mass is 10.1. The molecule has 92 valence electrons. The number of hydrogen-bond acceptors (Lipinski definition) is 6. The third-order valence-corrected chi connectivity index (χ3v) is 3.07. The van der Waals surface area contributed by atoms with Crippen molar-refractivity contribution in [3.05, 3.63) is 46.1 Å². The van der Waals surface area contributed by atoms with Gasteiger partial charge in [0.05, 0.1) is 22.5 Å². The second-order valence-corrected chi connectivity index (χ2v) is 4.23. The standard InChI is InChI=1S/C11H8N2O4S/c1-17-11(14)8-4-7(10-2-3-12-18-10)5-9(6-8)13(15)16/h2-6H,1H3. The van der Waals surface area contributed by atoms with Crippen molar-refractivity contribution in [2.75, 3.05) is 7.11 Å². The van der Waals surface area contributed by atoms with Crippen LogP contribution in [-0.2, 0) is 4.74 Å². The molecule has 0 unspecified atom stereocenters. The highest BCUT2D eigenvalue weighted by atomic mass is 32.1. The SMILES string of the molecule is COC(=O)c1cc(-c2ccns2)cc([N+](=O)[O-])c1. The fourth-order valence-corrected chi connectivity index (χ4v) is 2.04. The van der Waals surface area contributed by atoms with Gasteiger partial charge < -0.3 is 4.74 Å². The molecule has 2 aromatic rings. The maximum absolute atomic E-state index is 11.5. The minimum absolute atomic E-state index is 0.148. The van der Waals surface area contributed by atoms with E-state index in [4.69, 9.17) is 0 Å². The summed E-state index contributed by atoms with van der Waals surface area (Å²) in [6.45, 7) is 0. The molecular weight excluding hydrogens is 256 g/mol. The normalized spacial score (nSPS) is 10.1. The molecular formula is C11H8N2O4S. The summed E-state index contributed by atoms with van der Waals surface area (Å²) >= 11 is 1.20. The van der Waals surface area contributed by atoms with Crippen LogP contribution in [0, 0.1) is 10.1 Å². The zero-order valence-electron chi connectivity index (χ0n) is 9.32. The van der Waals surface area contributed by atoms with Gasteiger partial charge in [0.25, 0.3) is 5.69 Å². The summed E-state index contributed by atoms with van der Waals surface area (Å²) in [4.78, 5) is 22.5. The van der Waals surface area contributed by atoms with Crippen LogP contribution in [0.1, 0.15) is 10.4 Å². The fourth-order valence-electron chi connectivity index (χ4n) is 1.46. The van der Waals surface area contributed by atoms with Gasteiger partial charge in [-0.05, 0) is 23.7 Å². The van der Waals surface area contributed by atoms with E-state index in [1.165, 1.54) is 30.8 Å². The Bertz CT molecular complexity index is 595. The molecule has 18 heavy (non-hydrogen) atoms. The van der Waals surface area contributed by atoms with E-state index in [0.29, 0.717) is 5.56 Å². The minimum Gasteiger partial charge on any atom is -0.465 e. The van der Waals surface area contributed by atoms with Crippen LogP contribution in [0.3, 0.4) is 0 Å². The monoisotopic (exact) mass is 264 g/mol. The molecule has 1 heterocycles. The van der Waals surface area contributed by atoms with Gasteiger partial charge in [-0.25, -0.2) is 9.17 Å². The van der Waals surface area contributed by atoms with E-state index in [0.717, 1.165) is 4.88 Å². The van der Waals surface area contributed by atoms with E-state index in [2.05, 4.69) is 9.11 Å². The molecule has 0 saturated heterocycles. The number of nitrogens with zero attached hydrogens (tertiary/aromatic N) is 2. The molecule has 0 aliphatic carbocycles. The molecule has 0 amide bonds. The summed E-state index contributed by atoms with van der Waals surface area (Å²) in [6, 6.07) is 5.87. The Morgan fingerprint density at radius 3 is 2.78 bits per heavy atom. The highest BCUT2D eigenvalue weighted by Gasteiger charge is 2.16. The summed E-state index contributed by atoms with van der Waals surface area (Å²) in [5, 5.41) is 10.8. The van der Waals surface area contributed by atoms with Gasteiger partial charge in [0.1, 0.15) is 0 Å². The van der Waals surface area contributed by atoms with Crippen molar-refractivity contribution in [1.29, 1.82) is 0 Å². The van der Waals surface area contributed by atoms with Gasteiger partial charge in [-0.3, -0.25) is 10.1 Å². The second-order valence-electron chi connectivity index (χ2n) is 3.39. The van der Waals surface area contributed by atoms with E-state index in [9.17, 15) is 14.9 Å². The van der Waals surface area contributed by atoms with Gasteiger partial charge in [0, 0.05) is 23.9 Å². The average molecular weight is 264 g/mol. The van der Waals surface area contributed by atoms with Crippen molar-refractivity contribution in [2.45, 2.75) is 0 Å². The summed E-state index contributed by atoms with van der Waals surface area (Å²) in [5.74, 6) is -0.607. The molecule has 0 fully saturated rings. The first kappa shape index (κ1) is 12.2. The smallest absolute Gasteiger partial charge is 0.338 e. The van der Waals surface area contributed by atoms with Crippen LogP contribution in [0.2, 0.25) is 0 Å². The predicted octanol–water partition coefficient (Wildman–Crippen LogP) is 2.50. The maximum atomic E-state index is 11.5. The number of ether oxygens (including phenoxy) is 1. The highest BCUT2D eigenvalue weighted by molar-refractivity contribution is 7.09. The fraction of sp³-hybridized carbons (Fsp3) is 0.0909. The van der Waals surface area contributed by atoms with Gasteiger partial charge in [0.15, 0.2) is 0 Å². The van der Waals surface area contributed by atoms with Crippen molar-refractivity contribution in [1.82, 2.24) is 4.37 Å². The lowest BCUT2D eigenvalue weighted by molar-refractivity contribution is -0.384. The molecule has 0 aliphatic rings. The van der Waals surface area contributed by atoms with E-state index >= 15 is 0 Å². The number of aromatic nitrogens is 1. The molecule has 0 spiro atoms. The highest BCUT2D eigenvalue weighted by Crippen LogP contribution is 2.28. The topological polar surface area (TPSA) is 82.3 Å². The molecule has 0 atom stereocenters. The first-order valence-corrected chi connectivity index (χ1v) is 5.68. The van der Waals surface area contributed by atoms with Crippen LogP contribution in [-0.4, -0.2) is 22.4 Å². The molecule has 0 aliphatic heterocycles. The zero-order chi connectivity index (χ0) is 13.1. The van der Waals surface area contributed by atoms with Crippen LogP contribution in [0.25, 0.3) is 10.4 Å². The Balaban J connectivity index is 2.57. The number of benzene rings is 1. The van der Waals surface area contributed by atoms with Gasteiger partial charge in [-0.2, -0.15) is 0 Å². The molecule has 7 heteroatoms. The number of carbonyl (C=O) groups excluding carboxylic acids is 1. The Hall–Kier alpha value is -2.28. The Morgan fingerprint density at radius 1 is 1.44 bits per heavy atom. The minimum atomic E-state index is -0.607. The number of carbonyl (C=O) groups is 1. The van der Waals surface area contributed by atoms with Crippen molar-refractivity contribution in [3.63, 3.8) is 0 Å². The lowest BCUT2D eigenvalue weighted by Gasteiger charge is -2.02. The number of methoxy groups -OCH3 is 1. The number of non-ortho nitro benzene ring substituents is 1. The molecule has 6 nitrogen and oxygen atoms in total. The van der Waals surface area contributed by atoms with Gasteiger partial charge in [-0.15, -0.1) is 0 Å². The molecule has 1 aromatic carbocycles. The molecule has 2 rings (SSSR count). The quantitative estimate of drug-likeness (QED) is 0.483. The predicted molar refractivity (Wildman–Crippen MR) is 65.5 cm³/mol. The summed E-state index contributed by atoms with van der Waals surface area (Å²) < 4.78 is 8.49. The van der Waals surface area contributed by atoms with E-state index in [1.807, 2.05) is 0 Å². The molecule has 1 aromatic heterocycles. The maximum Gasteiger partial charge on any atom is 0.338 e. The number of esters is 1. The molecule has 0 bridgehead atoms. The Labute approximate surface area is 106 Å². The van der Waals surface area contributed by atoms with Crippen molar-refractivity contribution < 1.29 is 14.5 Å². The molecule has 0 radical (unpaired) electrons. The zero-order valence-corrected chi connectivity index (χ0v) is 10.1. The van der Waals surface area contributed by atoms with E-state index < -0.39 is 10.9 Å². The summed E-state index contributed by atoms with van der Waals surface area (Å²) in [5.41, 5.74) is 0.573. The first-order valence-electron chi connectivity index (χ1n) is 4.90. The van der Waals surface area contributed by atoms with Crippen LogP contribution in [0.15, 0.2) is 30.5 Å². The van der Waals surface area contributed by atoms with E-state index in [1.54, 1.807) is 18.3 Å². The number of nitro groups is 1. The first-order chi connectivity index (χ1) is 8.61. The van der Waals surface area contributed by atoms with Crippen molar-refractivity contribution in [3.8, 4) is 10.4 Å². The Morgan fingerprint density at radius 2 is 2.22 bits per heavy atom. The van der Waals surface area contributed by atoms with Crippen LogP contribution >= 0.6 is 11.5 Å². The van der Waals surface area contributed by atoms with Crippen LogP contribution < -0.4 is 0 Å².